The van der Waals surface area contributed by atoms with Crippen LogP contribution in [0.25, 0.3) is 0 Å². The lowest BCUT2D eigenvalue weighted by Gasteiger charge is -2.15. The molecule has 148 valence electrons. The number of thioether (sulfide) groups is 1. The van der Waals surface area contributed by atoms with Crippen molar-refractivity contribution < 1.29 is 14.3 Å². The molecule has 0 bridgehead atoms. The first-order valence-electron chi connectivity index (χ1n) is 10.2. The summed E-state index contributed by atoms with van der Waals surface area (Å²) in [6.07, 6.45) is 10.9. The smallest absolute Gasteiger partial charge is 0.339 e. The van der Waals surface area contributed by atoms with E-state index in [0.717, 1.165) is 30.8 Å². The molecule has 0 amide bonds. The van der Waals surface area contributed by atoms with Crippen molar-refractivity contribution in [2.24, 2.45) is 0 Å². The molecule has 0 radical (unpaired) electrons. The number of rotatable bonds is 15. The molecule has 0 saturated heterocycles. The van der Waals surface area contributed by atoms with Crippen molar-refractivity contribution in [3.05, 3.63) is 29.8 Å². The molecule has 0 aromatic heterocycles. The van der Waals surface area contributed by atoms with Crippen molar-refractivity contribution in [2.75, 3.05) is 13.2 Å². The predicted molar refractivity (Wildman–Crippen MR) is 111 cm³/mol. The fourth-order valence-electron chi connectivity index (χ4n) is 2.65. The lowest BCUT2D eigenvalue weighted by Crippen LogP contribution is -2.10. The molecule has 26 heavy (non-hydrogen) atoms. The summed E-state index contributed by atoms with van der Waals surface area (Å²) in [6.45, 7) is 7.65. The summed E-state index contributed by atoms with van der Waals surface area (Å²) in [6, 6.07) is 7.63. The highest BCUT2D eigenvalue weighted by Crippen LogP contribution is 2.28. The molecule has 1 aromatic rings. The van der Waals surface area contributed by atoms with Crippen LogP contribution in [-0.4, -0.2) is 24.6 Å². The minimum absolute atomic E-state index is 0.0275. The first-order valence-corrected chi connectivity index (χ1v) is 11.1. The van der Waals surface area contributed by atoms with Crippen LogP contribution >= 0.6 is 11.8 Å². The van der Waals surface area contributed by atoms with Gasteiger partial charge in [-0.25, -0.2) is 4.79 Å². The van der Waals surface area contributed by atoms with Gasteiger partial charge in [0.2, 0.25) is 0 Å². The van der Waals surface area contributed by atoms with E-state index in [1.807, 2.05) is 31.2 Å². The summed E-state index contributed by atoms with van der Waals surface area (Å²) in [5.74, 6) is -0.235. The van der Waals surface area contributed by atoms with E-state index in [4.69, 9.17) is 9.47 Å². The molecule has 3 nitrogen and oxygen atoms in total. The molecule has 0 spiro atoms. The SMILES string of the molecule is CCCCCCCCCOC(C)Sc1ccccc1C(=O)OCCCC. The van der Waals surface area contributed by atoms with E-state index in [0.29, 0.717) is 12.2 Å². The highest BCUT2D eigenvalue weighted by molar-refractivity contribution is 7.99. The van der Waals surface area contributed by atoms with Crippen molar-refractivity contribution in [1.82, 2.24) is 0 Å². The molecule has 0 saturated carbocycles. The first kappa shape index (κ1) is 23.0. The van der Waals surface area contributed by atoms with E-state index < -0.39 is 0 Å². The van der Waals surface area contributed by atoms with E-state index in [1.54, 1.807) is 11.8 Å². The maximum atomic E-state index is 12.3. The lowest BCUT2D eigenvalue weighted by molar-refractivity contribution is 0.0495. The third kappa shape index (κ3) is 10.2. The topological polar surface area (TPSA) is 35.5 Å². The third-order valence-electron chi connectivity index (χ3n) is 4.23. The Morgan fingerprint density at radius 2 is 1.58 bits per heavy atom. The standard InChI is InChI=1S/C22H36O3S/c1-4-6-8-9-10-11-14-18-24-19(3)26-21-16-13-12-15-20(21)22(23)25-17-7-5-2/h12-13,15-16,19H,4-11,14,17-18H2,1-3H3. The number of benzene rings is 1. The highest BCUT2D eigenvalue weighted by Gasteiger charge is 2.15. The monoisotopic (exact) mass is 380 g/mol. The zero-order chi connectivity index (χ0) is 19.0. The normalized spacial score (nSPS) is 12.1. The van der Waals surface area contributed by atoms with Crippen molar-refractivity contribution in [3.8, 4) is 0 Å². The van der Waals surface area contributed by atoms with Gasteiger partial charge in [0.25, 0.3) is 0 Å². The summed E-state index contributed by atoms with van der Waals surface area (Å²) >= 11 is 1.59. The van der Waals surface area contributed by atoms with Gasteiger partial charge in [-0.15, -0.1) is 0 Å². The Labute approximate surface area is 164 Å². The molecular formula is C22H36O3S. The number of ether oxygens (including phenoxy) is 2. The summed E-state index contributed by atoms with van der Waals surface area (Å²) in [7, 11) is 0. The van der Waals surface area contributed by atoms with E-state index in [-0.39, 0.29) is 11.4 Å². The Bertz CT molecular complexity index is 490. The van der Waals surface area contributed by atoms with E-state index in [1.165, 1.54) is 38.5 Å². The van der Waals surface area contributed by atoms with Gasteiger partial charge in [-0.1, -0.05) is 82.7 Å². The van der Waals surface area contributed by atoms with E-state index >= 15 is 0 Å². The average molecular weight is 381 g/mol. The zero-order valence-corrected chi connectivity index (χ0v) is 17.6. The Morgan fingerprint density at radius 3 is 2.31 bits per heavy atom. The fourth-order valence-corrected chi connectivity index (χ4v) is 3.60. The van der Waals surface area contributed by atoms with Gasteiger partial charge < -0.3 is 9.47 Å². The zero-order valence-electron chi connectivity index (χ0n) is 16.8. The number of esters is 1. The second-order valence-corrected chi connectivity index (χ2v) is 8.00. The fraction of sp³-hybridized carbons (Fsp3) is 0.682. The Morgan fingerprint density at radius 1 is 0.923 bits per heavy atom. The van der Waals surface area contributed by atoms with Gasteiger partial charge in [-0.2, -0.15) is 0 Å². The third-order valence-corrected chi connectivity index (χ3v) is 5.31. The van der Waals surface area contributed by atoms with Gasteiger partial charge in [0.15, 0.2) is 0 Å². The van der Waals surface area contributed by atoms with Crippen LogP contribution in [0, 0.1) is 0 Å². The number of hydrogen-bond acceptors (Lipinski definition) is 4. The quantitative estimate of drug-likeness (QED) is 0.144. The molecule has 0 N–H and O–H groups in total. The van der Waals surface area contributed by atoms with Gasteiger partial charge in [0.1, 0.15) is 5.44 Å². The minimum Gasteiger partial charge on any atom is -0.462 e. The van der Waals surface area contributed by atoms with Crippen molar-refractivity contribution >= 4 is 17.7 Å². The van der Waals surface area contributed by atoms with Crippen LogP contribution in [0.15, 0.2) is 29.2 Å². The second kappa shape index (κ2) is 15.1. The molecule has 0 aliphatic carbocycles. The molecule has 0 aliphatic rings. The number of hydrogen-bond donors (Lipinski definition) is 0. The molecule has 1 atom stereocenters. The highest BCUT2D eigenvalue weighted by atomic mass is 32.2. The number of carbonyl (C=O) groups excluding carboxylic acids is 1. The van der Waals surface area contributed by atoms with Crippen molar-refractivity contribution in [1.29, 1.82) is 0 Å². The summed E-state index contributed by atoms with van der Waals surface area (Å²) in [4.78, 5) is 13.2. The largest absolute Gasteiger partial charge is 0.462 e. The molecule has 1 unspecified atom stereocenters. The van der Waals surface area contributed by atoms with Crippen molar-refractivity contribution in [3.63, 3.8) is 0 Å². The van der Waals surface area contributed by atoms with Crippen LogP contribution in [0.2, 0.25) is 0 Å². The van der Waals surface area contributed by atoms with Crippen LogP contribution < -0.4 is 0 Å². The van der Waals surface area contributed by atoms with Crippen LogP contribution in [0.3, 0.4) is 0 Å². The first-order chi connectivity index (χ1) is 12.7. The summed E-state index contributed by atoms with van der Waals surface area (Å²) in [5, 5.41) is 0. The maximum absolute atomic E-state index is 12.3. The Kier molecular flexibility index (Phi) is 13.4. The summed E-state index contributed by atoms with van der Waals surface area (Å²) in [5.41, 5.74) is 0.666. The van der Waals surface area contributed by atoms with Gasteiger partial charge in [-0.05, 0) is 31.9 Å². The molecule has 0 aliphatic heterocycles. The Hall–Kier alpha value is -1.00. The van der Waals surface area contributed by atoms with Gasteiger partial charge in [-0.3, -0.25) is 0 Å². The minimum atomic E-state index is -0.235. The molecule has 0 heterocycles. The molecule has 4 heteroatoms. The number of carbonyl (C=O) groups is 1. The molecule has 1 aromatic carbocycles. The molecule has 0 fully saturated rings. The van der Waals surface area contributed by atoms with Gasteiger partial charge in [0.05, 0.1) is 12.2 Å². The average Bonchev–Trinajstić information content (AvgIpc) is 2.64. The van der Waals surface area contributed by atoms with Crippen LogP contribution in [0.5, 0.6) is 0 Å². The predicted octanol–water partition coefficient (Wildman–Crippen LogP) is 6.85. The van der Waals surface area contributed by atoms with E-state index in [9.17, 15) is 4.79 Å². The maximum Gasteiger partial charge on any atom is 0.339 e. The van der Waals surface area contributed by atoms with Gasteiger partial charge in [0, 0.05) is 11.5 Å². The van der Waals surface area contributed by atoms with Crippen molar-refractivity contribution in [2.45, 2.75) is 88.9 Å². The van der Waals surface area contributed by atoms with Crippen LogP contribution in [0.1, 0.15) is 88.9 Å². The number of unbranched alkanes of at least 4 members (excludes halogenated alkanes) is 7. The molecular weight excluding hydrogens is 344 g/mol. The van der Waals surface area contributed by atoms with Gasteiger partial charge >= 0.3 is 5.97 Å². The second-order valence-electron chi connectivity index (χ2n) is 6.66. The van der Waals surface area contributed by atoms with E-state index in [2.05, 4.69) is 13.8 Å². The van der Waals surface area contributed by atoms with Crippen LogP contribution in [-0.2, 0) is 9.47 Å². The van der Waals surface area contributed by atoms with Crippen LogP contribution in [0.4, 0.5) is 0 Å². The lowest BCUT2D eigenvalue weighted by atomic mass is 10.1. The summed E-state index contributed by atoms with van der Waals surface area (Å²) < 4.78 is 11.3. The molecule has 1 rings (SSSR count). The Balaban J connectivity index is 2.31.